The first-order chi connectivity index (χ1) is 12.9. The van der Waals surface area contributed by atoms with E-state index in [-0.39, 0.29) is 12.0 Å². The Morgan fingerprint density at radius 2 is 1.74 bits per heavy atom. The average molecular weight is 372 g/mol. The highest BCUT2D eigenvalue weighted by atomic mass is 19.1. The molecule has 0 N–H and O–H groups in total. The number of halogens is 1. The molecule has 6 rings (SSSR count). The number of carbonyl (C=O) groups excluding carboxylic acids is 2. The average Bonchev–Trinajstić information content (AvgIpc) is 2.63. The van der Waals surface area contributed by atoms with Crippen LogP contribution in [0.1, 0.15) is 60.9 Å². The minimum Gasteiger partial charge on any atom is -0.497 e. The summed E-state index contributed by atoms with van der Waals surface area (Å²) in [5.74, 6) is 0.506. The van der Waals surface area contributed by atoms with Gasteiger partial charge in [0.1, 0.15) is 11.4 Å². The van der Waals surface area contributed by atoms with Gasteiger partial charge < -0.3 is 9.47 Å². The molecule has 4 saturated carbocycles. The molecule has 0 aromatic heterocycles. The lowest BCUT2D eigenvalue weighted by molar-refractivity contribution is -0.196. The Hall–Kier alpha value is -1.91. The van der Waals surface area contributed by atoms with Gasteiger partial charge in [-0.1, -0.05) is 6.07 Å². The van der Waals surface area contributed by atoms with Gasteiger partial charge in [-0.05, 0) is 80.4 Å². The van der Waals surface area contributed by atoms with Gasteiger partial charge in [0.2, 0.25) is 5.78 Å². The van der Waals surface area contributed by atoms with Crippen molar-refractivity contribution in [3.63, 3.8) is 0 Å². The van der Waals surface area contributed by atoms with Gasteiger partial charge in [0.05, 0.1) is 7.11 Å². The van der Waals surface area contributed by atoms with Crippen LogP contribution in [0, 0.1) is 17.8 Å². The van der Waals surface area contributed by atoms with E-state index in [1.807, 2.05) is 0 Å². The smallest absolute Gasteiger partial charge is 0.352 e. The number of hydrogen-bond acceptors (Lipinski definition) is 4. The van der Waals surface area contributed by atoms with Crippen molar-refractivity contribution in [3.8, 4) is 5.75 Å². The summed E-state index contributed by atoms with van der Waals surface area (Å²) in [5.41, 5.74) is -2.12. The molecule has 0 aliphatic heterocycles. The van der Waals surface area contributed by atoms with Crippen molar-refractivity contribution in [1.29, 1.82) is 0 Å². The van der Waals surface area contributed by atoms with Crippen molar-refractivity contribution in [2.45, 2.75) is 62.6 Å². The van der Waals surface area contributed by atoms with Gasteiger partial charge in [-0.3, -0.25) is 4.79 Å². The van der Waals surface area contributed by atoms with E-state index in [1.54, 1.807) is 12.1 Å². The third-order valence-corrected chi connectivity index (χ3v) is 7.28. The number of esters is 1. The monoisotopic (exact) mass is 372 g/mol. The van der Waals surface area contributed by atoms with Gasteiger partial charge in [0.25, 0.3) is 5.67 Å². The zero-order valence-electron chi connectivity index (χ0n) is 15.6. The molecule has 0 amide bonds. The Morgan fingerprint density at radius 3 is 2.33 bits per heavy atom. The number of ketones is 1. The SMILES string of the molecule is COc1ccc2c(c1)C(=O)C(F)(C(=O)OC13CC4CC(CC(C4)C1)C3)CC2. The molecule has 1 aromatic rings. The molecule has 1 aromatic carbocycles. The molecule has 0 radical (unpaired) electrons. The maximum absolute atomic E-state index is 15.7. The highest BCUT2D eigenvalue weighted by molar-refractivity contribution is 6.17. The summed E-state index contributed by atoms with van der Waals surface area (Å²) in [4.78, 5) is 25.8. The fourth-order valence-corrected chi connectivity index (χ4v) is 6.37. The Kier molecular flexibility index (Phi) is 3.69. The largest absolute Gasteiger partial charge is 0.497 e. The molecule has 4 bridgehead atoms. The molecule has 144 valence electrons. The second-order valence-electron chi connectivity index (χ2n) is 9.14. The Bertz CT molecular complexity index is 781. The number of Topliss-reactive ketones (excluding diaryl/α,β-unsaturated/α-hetero) is 1. The summed E-state index contributed by atoms with van der Waals surface area (Å²) in [6.45, 7) is 0. The van der Waals surface area contributed by atoms with Crippen molar-refractivity contribution < 1.29 is 23.5 Å². The molecule has 0 saturated heterocycles. The van der Waals surface area contributed by atoms with Crippen LogP contribution in [0.3, 0.4) is 0 Å². The van der Waals surface area contributed by atoms with Crippen LogP contribution >= 0.6 is 0 Å². The summed E-state index contributed by atoms with van der Waals surface area (Å²) < 4.78 is 26.7. The van der Waals surface area contributed by atoms with Gasteiger partial charge in [-0.2, -0.15) is 0 Å². The Balaban J connectivity index is 1.40. The van der Waals surface area contributed by atoms with Crippen LogP contribution in [0.5, 0.6) is 5.75 Å². The van der Waals surface area contributed by atoms with E-state index in [4.69, 9.17) is 9.47 Å². The van der Waals surface area contributed by atoms with Crippen molar-refractivity contribution in [2.75, 3.05) is 7.11 Å². The standard InChI is InChI=1S/C22H25FO4/c1-26-17-3-2-16-4-5-22(23,19(24)18(16)9-17)20(25)27-21-10-13-6-14(11-21)8-15(7-13)12-21/h2-3,9,13-15H,4-8,10-12H2,1H3. The summed E-state index contributed by atoms with van der Waals surface area (Å²) in [7, 11) is 1.50. The van der Waals surface area contributed by atoms with E-state index in [2.05, 4.69) is 0 Å². The molecule has 5 aliphatic rings. The Labute approximate surface area is 158 Å². The maximum Gasteiger partial charge on any atom is 0.352 e. The van der Waals surface area contributed by atoms with Crippen molar-refractivity contribution in [3.05, 3.63) is 29.3 Å². The maximum atomic E-state index is 15.7. The molecular weight excluding hydrogens is 347 g/mol. The molecule has 27 heavy (non-hydrogen) atoms. The normalized spacial score (nSPS) is 39.2. The first kappa shape index (κ1) is 17.2. The van der Waals surface area contributed by atoms with E-state index in [9.17, 15) is 9.59 Å². The second-order valence-corrected chi connectivity index (χ2v) is 9.14. The summed E-state index contributed by atoms with van der Waals surface area (Å²) in [6.07, 6.45) is 6.34. The Morgan fingerprint density at radius 1 is 1.11 bits per heavy atom. The lowest BCUT2D eigenvalue weighted by atomic mass is 9.54. The van der Waals surface area contributed by atoms with E-state index in [1.165, 1.54) is 32.4 Å². The number of methoxy groups -OCH3 is 1. The number of benzene rings is 1. The van der Waals surface area contributed by atoms with Crippen LogP contribution in [0.25, 0.3) is 0 Å². The van der Waals surface area contributed by atoms with E-state index in [0.717, 1.165) is 24.8 Å². The van der Waals surface area contributed by atoms with Crippen LogP contribution in [0.15, 0.2) is 18.2 Å². The van der Waals surface area contributed by atoms with E-state index >= 15 is 4.39 Å². The van der Waals surface area contributed by atoms with Gasteiger partial charge in [0.15, 0.2) is 0 Å². The first-order valence-electron chi connectivity index (χ1n) is 10.0. The summed E-state index contributed by atoms with van der Waals surface area (Å²) >= 11 is 0. The highest BCUT2D eigenvalue weighted by Gasteiger charge is 2.57. The van der Waals surface area contributed by atoms with E-state index in [0.29, 0.717) is 29.9 Å². The highest BCUT2D eigenvalue weighted by Crippen LogP contribution is 2.57. The molecule has 4 nitrogen and oxygen atoms in total. The topological polar surface area (TPSA) is 52.6 Å². The zero-order valence-corrected chi connectivity index (χ0v) is 15.6. The third-order valence-electron chi connectivity index (χ3n) is 7.28. The second kappa shape index (κ2) is 5.79. The van der Waals surface area contributed by atoms with Gasteiger partial charge in [-0.25, -0.2) is 9.18 Å². The van der Waals surface area contributed by atoms with Gasteiger partial charge >= 0.3 is 5.97 Å². The fraction of sp³-hybridized carbons (Fsp3) is 0.636. The predicted molar refractivity (Wildman–Crippen MR) is 96.5 cm³/mol. The number of carbonyl (C=O) groups is 2. The van der Waals surface area contributed by atoms with Crippen molar-refractivity contribution in [1.82, 2.24) is 0 Å². The quantitative estimate of drug-likeness (QED) is 0.593. The van der Waals surface area contributed by atoms with Crippen LogP contribution in [-0.4, -0.2) is 30.1 Å². The number of rotatable bonds is 3. The summed E-state index contributed by atoms with van der Waals surface area (Å²) in [6, 6.07) is 5.06. The molecule has 0 spiro atoms. The van der Waals surface area contributed by atoms with E-state index < -0.39 is 23.0 Å². The number of fused-ring (bicyclic) bond motifs is 1. The third kappa shape index (κ3) is 2.61. The molecule has 0 heterocycles. The lowest BCUT2D eigenvalue weighted by Gasteiger charge is -2.56. The van der Waals surface area contributed by atoms with Crippen LogP contribution in [-0.2, 0) is 16.0 Å². The van der Waals surface area contributed by atoms with Gasteiger partial charge in [0, 0.05) is 12.0 Å². The van der Waals surface area contributed by atoms with Crippen LogP contribution in [0.4, 0.5) is 4.39 Å². The zero-order chi connectivity index (χ0) is 18.8. The minimum absolute atomic E-state index is 0.142. The molecular formula is C22H25FO4. The molecule has 1 atom stereocenters. The summed E-state index contributed by atoms with van der Waals surface area (Å²) in [5, 5.41) is 0. The van der Waals surface area contributed by atoms with Gasteiger partial charge in [-0.15, -0.1) is 0 Å². The number of ether oxygens (including phenoxy) is 2. The first-order valence-corrected chi connectivity index (χ1v) is 10.0. The lowest BCUT2D eigenvalue weighted by Crippen LogP contribution is -2.56. The molecule has 5 heteroatoms. The minimum atomic E-state index is -2.58. The van der Waals surface area contributed by atoms with Crippen molar-refractivity contribution in [2.24, 2.45) is 17.8 Å². The molecule has 1 unspecified atom stereocenters. The number of aryl methyl sites for hydroxylation is 1. The fourth-order valence-electron chi connectivity index (χ4n) is 6.37. The number of hydrogen-bond donors (Lipinski definition) is 0. The van der Waals surface area contributed by atoms with Crippen LogP contribution in [0.2, 0.25) is 0 Å². The van der Waals surface area contributed by atoms with Crippen molar-refractivity contribution >= 4 is 11.8 Å². The molecule has 4 fully saturated rings. The molecule has 5 aliphatic carbocycles. The predicted octanol–water partition coefficient (Wildman–Crippen LogP) is 4.04. The van der Waals surface area contributed by atoms with Crippen LogP contribution < -0.4 is 4.74 Å². The number of alkyl halides is 1.